The van der Waals surface area contributed by atoms with E-state index in [0.717, 1.165) is 68.3 Å². The van der Waals surface area contributed by atoms with Crippen LogP contribution in [0.25, 0.3) is 0 Å². The number of hydrogen-bond donors (Lipinski definition) is 5. The number of fused-ring (bicyclic) bond motifs is 1. The number of benzene rings is 2. The van der Waals surface area contributed by atoms with Gasteiger partial charge in [-0.3, -0.25) is 0 Å². The van der Waals surface area contributed by atoms with Gasteiger partial charge in [0.15, 0.2) is 11.5 Å². The van der Waals surface area contributed by atoms with Gasteiger partial charge in [-0.05, 0) is 80.8 Å². The molecule has 1 aliphatic carbocycles. The number of nitrogens with one attached hydrogen (secondary N) is 1. The summed E-state index contributed by atoms with van der Waals surface area (Å²) in [4.78, 5) is 0. The van der Waals surface area contributed by atoms with Crippen LogP contribution in [0.15, 0.2) is 36.4 Å². The van der Waals surface area contributed by atoms with Crippen LogP contribution >= 0.6 is 34.0 Å². The van der Waals surface area contributed by atoms with Crippen LogP contribution in [0.3, 0.4) is 0 Å². The lowest BCUT2D eigenvalue weighted by Crippen LogP contribution is -2.33. The summed E-state index contributed by atoms with van der Waals surface area (Å²) in [5, 5.41) is 33.2. The Labute approximate surface area is 213 Å². The van der Waals surface area contributed by atoms with E-state index in [1.165, 1.54) is 19.3 Å². The van der Waals surface area contributed by atoms with E-state index in [4.69, 9.17) is 5.73 Å². The second-order valence-electron chi connectivity index (χ2n) is 8.50. The molecule has 32 heavy (non-hydrogen) atoms. The van der Waals surface area contributed by atoms with Crippen molar-refractivity contribution in [3.8, 4) is 17.2 Å². The zero-order chi connectivity index (χ0) is 21.3. The number of nitrogens with two attached hydrogens (primary N) is 1. The predicted octanol–water partition coefficient (Wildman–Crippen LogP) is 5.49. The zero-order valence-corrected chi connectivity index (χ0v) is 22.1. The number of para-hydroxylation sites is 1. The fraction of sp³-hybridized carbons (Fsp3) is 0.520. The highest BCUT2D eigenvalue weighted by Gasteiger charge is 2.29. The van der Waals surface area contributed by atoms with Crippen molar-refractivity contribution in [1.29, 1.82) is 0 Å². The number of unbranched alkanes of at least 4 members (excludes halogenated alkanes) is 3. The highest BCUT2D eigenvalue weighted by atomic mass is 79.9. The fourth-order valence-electron chi connectivity index (χ4n) is 4.58. The van der Waals surface area contributed by atoms with E-state index in [9.17, 15) is 15.3 Å². The molecule has 2 aromatic carbocycles. The quantitative estimate of drug-likeness (QED) is 0.181. The van der Waals surface area contributed by atoms with E-state index >= 15 is 0 Å². The molecule has 0 fully saturated rings. The third kappa shape index (κ3) is 7.94. The van der Waals surface area contributed by atoms with Gasteiger partial charge in [0.05, 0.1) is 0 Å². The Morgan fingerprint density at radius 2 is 1.56 bits per heavy atom. The van der Waals surface area contributed by atoms with E-state index in [0.29, 0.717) is 5.75 Å². The van der Waals surface area contributed by atoms with Gasteiger partial charge in [0.25, 0.3) is 0 Å². The van der Waals surface area contributed by atoms with Gasteiger partial charge in [0, 0.05) is 11.6 Å². The Morgan fingerprint density at radius 1 is 0.844 bits per heavy atom. The first-order valence-electron chi connectivity index (χ1n) is 11.3. The van der Waals surface area contributed by atoms with Crippen LogP contribution < -0.4 is 11.1 Å². The summed E-state index contributed by atoms with van der Waals surface area (Å²) >= 11 is 0. The Balaban J connectivity index is 0.00000256. The van der Waals surface area contributed by atoms with Crippen molar-refractivity contribution in [3.63, 3.8) is 0 Å². The third-order valence-corrected chi connectivity index (χ3v) is 6.35. The summed E-state index contributed by atoms with van der Waals surface area (Å²) in [5.41, 5.74) is 9.40. The van der Waals surface area contributed by atoms with E-state index < -0.39 is 0 Å². The summed E-state index contributed by atoms with van der Waals surface area (Å²) in [6.45, 7) is 2.00. The van der Waals surface area contributed by atoms with Gasteiger partial charge in [-0.25, -0.2) is 0 Å². The largest absolute Gasteiger partial charge is 0.508 e. The normalized spacial score (nSPS) is 17.2. The van der Waals surface area contributed by atoms with Crippen LogP contribution in [0.1, 0.15) is 67.6 Å². The minimum Gasteiger partial charge on any atom is -0.508 e. The smallest absolute Gasteiger partial charge is 0.160 e. The number of phenolic OH excluding ortho intramolecular Hbond substituents is 3. The van der Waals surface area contributed by atoms with Gasteiger partial charge in [-0.15, -0.1) is 34.0 Å². The van der Waals surface area contributed by atoms with Gasteiger partial charge in [0.2, 0.25) is 0 Å². The van der Waals surface area contributed by atoms with Crippen molar-refractivity contribution in [2.45, 2.75) is 69.7 Å². The summed E-state index contributed by atoms with van der Waals surface area (Å²) < 4.78 is 0. The van der Waals surface area contributed by atoms with Gasteiger partial charge in [-0.1, -0.05) is 43.5 Å². The van der Waals surface area contributed by atoms with Crippen LogP contribution in [-0.2, 0) is 12.8 Å². The molecule has 1 aliphatic rings. The molecule has 0 saturated heterocycles. The topological polar surface area (TPSA) is 98.7 Å². The van der Waals surface area contributed by atoms with Crippen LogP contribution in [0.2, 0.25) is 0 Å². The van der Waals surface area contributed by atoms with Crippen LogP contribution in [0, 0.1) is 0 Å². The molecule has 6 N–H and O–H groups in total. The van der Waals surface area contributed by atoms with E-state index in [2.05, 4.69) is 5.32 Å². The SMILES string of the molecule is Br.Br.NC1CCc2c(ccc(O)c2O)C1CCCCCCNCCCc1ccccc1O. The highest BCUT2D eigenvalue weighted by Crippen LogP contribution is 2.42. The Morgan fingerprint density at radius 3 is 2.34 bits per heavy atom. The summed E-state index contributed by atoms with van der Waals surface area (Å²) in [6.07, 6.45) is 9.24. The molecular formula is C25H38Br2N2O3. The lowest BCUT2D eigenvalue weighted by Gasteiger charge is -2.32. The number of halogens is 2. The molecule has 3 rings (SSSR count). The molecule has 0 heterocycles. The first-order chi connectivity index (χ1) is 14.6. The van der Waals surface area contributed by atoms with Crippen LogP contribution in [-0.4, -0.2) is 34.5 Å². The molecule has 0 aliphatic heterocycles. The molecule has 0 spiro atoms. The number of hydrogen-bond acceptors (Lipinski definition) is 5. The molecule has 0 aromatic heterocycles. The molecule has 0 bridgehead atoms. The van der Waals surface area contributed by atoms with Crippen molar-refractivity contribution in [2.24, 2.45) is 5.73 Å². The maximum absolute atomic E-state index is 10.1. The molecule has 7 heteroatoms. The minimum absolute atomic E-state index is 0. The zero-order valence-electron chi connectivity index (χ0n) is 18.6. The second-order valence-corrected chi connectivity index (χ2v) is 8.50. The summed E-state index contributed by atoms with van der Waals surface area (Å²) in [6, 6.07) is 11.2. The Hall–Kier alpha value is -1.28. The molecule has 0 amide bonds. The molecule has 0 saturated carbocycles. The van der Waals surface area contributed by atoms with Crippen LogP contribution in [0.4, 0.5) is 0 Å². The predicted molar refractivity (Wildman–Crippen MR) is 142 cm³/mol. The number of aryl methyl sites for hydroxylation is 1. The highest BCUT2D eigenvalue weighted by molar-refractivity contribution is 8.93. The van der Waals surface area contributed by atoms with Gasteiger partial charge < -0.3 is 26.4 Å². The number of aromatic hydroxyl groups is 3. The lowest BCUT2D eigenvalue weighted by molar-refractivity contribution is 0.380. The van der Waals surface area contributed by atoms with Crippen LogP contribution in [0.5, 0.6) is 17.2 Å². The maximum Gasteiger partial charge on any atom is 0.160 e. The molecular weight excluding hydrogens is 536 g/mol. The van der Waals surface area contributed by atoms with Crippen molar-refractivity contribution >= 4 is 34.0 Å². The molecule has 5 nitrogen and oxygen atoms in total. The average molecular weight is 574 g/mol. The van der Waals surface area contributed by atoms with Crippen molar-refractivity contribution in [1.82, 2.24) is 5.32 Å². The second kappa shape index (κ2) is 14.8. The summed E-state index contributed by atoms with van der Waals surface area (Å²) in [5.74, 6) is 0.673. The summed E-state index contributed by atoms with van der Waals surface area (Å²) in [7, 11) is 0. The molecule has 2 aromatic rings. The van der Waals surface area contributed by atoms with Crippen molar-refractivity contribution < 1.29 is 15.3 Å². The first-order valence-corrected chi connectivity index (χ1v) is 11.3. The van der Waals surface area contributed by atoms with Crippen molar-refractivity contribution in [3.05, 3.63) is 53.1 Å². The monoisotopic (exact) mass is 572 g/mol. The van der Waals surface area contributed by atoms with E-state index in [-0.39, 0.29) is 57.4 Å². The molecule has 2 atom stereocenters. The van der Waals surface area contributed by atoms with Gasteiger partial charge >= 0.3 is 0 Å². The Bertz CT molecular complexity index is 820. The van der Waals surface area contributed by atoms with Gasteiger partial charge in [0.1, 0.15) is 5.75 Å². The molecule has 0 radical (unpaired) electrons. The van der Waals surface area contributed by atoms with E-state index in [1.807, 2.05) is 24.3 Å². The molecule has 180 valence electrons. The fourth-order valence-corrected chi connectivity index (χ4v) is 4.58. The number of phenols is 3. The average Bonchev–Trinajstić information content (AvgIpc) is 2.74. The van der Waals surface area contributed by atoms with Gasteiger partial charge in [-0.2, -0.15) is 0 Å². The molecule has 2 unspecified atom stereocenters. The third-order valence-electron chi connectivity index (χ3n) is 6.35. The standard InChI is InChI=1S/C25H36N2O3.2BrH/c26-22-14-12-21-19(13-15-24(29)25(21)30)20(22)10-3-1-2-6-16-27-17-7-9-18-8-4-5-11-23(18)28;;/h4-5,8,11,13,15,20,22,27-30H,1-3,6-7,9-10,12,14,16-17,26H2;2*1H. The first kappa shape index (κ1) is 28.8. The lowest BCUT2D eigenvalue weighted by atomic mass is 9.76. The van der Waals surface area contributed by atoms with E-state index in [1.54, 1.807) is 12.1 Å². The van der Waals surface area contributed by atoms with Crippen molar-refractivity contribution in [2.75, 3.05) is 13.1 Å². The number of rotatable bonds is 11. The maximum atomic E-state index is 10.1. The Kier molecular flexibility index (Phi) is 13.3. The minimum atomic E-state index is -0.0314.